The van der Waals surface area contributed by atoms with Crippen molar-refractivity contribution in [1.82, 2.24) is 0 Å². The Labute approximate surface area is 816 Å². The van der Waals surface area contributed by atoms with Crippen molar-refractivity contribution in [1.29, 1.82) is 0 Å². The van der Waals surface area contributed by atoms with Crippen LogP contribution in [0.3, 0.4) is 0 Å². The maximum absolute atomic E-state index is 2.85. The predicted octanol–water partition coefficient (Wildman–Crippen LogP) is 26.9. The molecule has 4 nitrogen and oxygen atoms in total. The Morgan fingerprint density at radius 3 is 1.17 bits per heavy atom. The molecule has 0 radical (unpaired) electrons. The molecule has 0 fully saturated rings. The Hall–Kier alpha value is -11.0. The number of hydrogen-bond donors (Lipinski definition) is 0. The van der Waals surface area contributed by atoms with Crippen LogP contribution in [0, 0.1) is 6.92 Å². The lowest BCUT2D eigenvalue weighted by Gasteiger charge is -2.45. The van der Waals surface area contributed by atoms with E-state index >= 15 is 0 Å². The van der Waals surface area contributed by atoms with Gasteiger partial charge in [0.2, 0.25) is 0 Å². The van der Waals surface area contributed by atoms with Gasteiger partial charge in [-0.2, -0.15) is 0 Å². The molecule has 16 aromatic rings. The zero-order valence-corrected chi connectivity index (χ0v) is 88.4. The summed E-state index contributed by atoms with van der Waals surface area (Å²) < 4.78 is 5.63. The van der Waals surface area contributed by atoms with E-state index in [-0.39, 0.29) is 51.3 Å². The summed E-state index contributed by atoms with van der Waals surface area (Å²) in [5.74, 6) is 0. The van der Waals surface area contributed by atoms with Crippen molar-refractivity contribution in [3.63, 3.8) is 0 Å². The zero-order valence-electron chi connectivity index (χ0n) is 83.8. The van der Waals surface area contributed by atoms with E-state index < -0.39 is 24.2 Å². The fourth-order valence-electron chi connectivity index (χ4n) is 24.2. The average Bonchev–Trinajstić information content (AvgIpc) is 1.62. The molecule has 2 aromatic heterocycles. The van der Waals surface area contributed by atoms with Crippen LogP contribution < -0.4 is 82.1 Å². The van der Waals surface area contributed by atoms with Crippen LogP contribution in [0.25, 0.3) is 31.3 Å². The summed E-state index contributed by atoms with van der Waals surface area (Å²) in [4.78, 5) is 10.9. The van der Waals surface area contributed by atoms with E-state index in [1.54, 1.807) is 0 Å². The lowest BCUT2D eigenvalue weighted by molar-refractivity contribution is 0.297. The van der Waals surface area contributed by atoms with Gasteiger partial charge in [0.1, 0.15) is 0 Å². The second-order valence-electron chi connectivity index (χ2n) is 48.0. The summed E-state index contributed by atoms with van der Waals surface area (Å²) in [6.45, 7) is 56.5. The molecule has 6 aliphatic rings. The van der Waals surface area contributed by atoms with Gasteiger partial charge in [0.15, 0.2) is 8.07 Å². The van der Waals surface area contributed by atoms with Crippen LogP contribution in [0.4, 0.5) is 68.2 Å². The topological polar surface area (TPSA) is 13.0 Å². The first kappa shape index (κ1) is 89.2. The highest BCUT2D eigenvalue weighted by atomic mass is 32.1. The van der Waals surface area contributed by atoms with E-state index in [2.05, 4.69) is 497 Å². The fraction of sp³-hybridized carbons (Fsp3) is 0.290. The lowest BCUT2D eigenvalue weighted by Crippen LogP contribution is -2.74. The number of anilines is 12. The van der Waals surface area contributed by atoms with Gasteiger partial charge in [0.05, 0.1) is 27.5 Å². The molecule has 0 amide bonds. The van der Waals surface area contributed by atoms with Crippen LogP contribution >= 0.6 is 22.7 Å². The maximum atomic E-state index is 2.79. The van der Waals surface area contributed by atoms with Crippen molar-refractivity contribution in [2.75, 3.05) is 19.6 Å². The van der Waals surface area contributed by atoms with E-state index in [1.807, 2.05) is 0 Å². The average molecular weight is 1850 g/mol. The monoisotopic (exact) mass is 1840 g/mol. The first-order chi connectivity index (χ1) is 64.1. The van der Waals surface area contributed by atoms with Gasteiger partial charge < -0.3 is 19.6 Å². The summed E-state index contributed by atoms with van der Waals surface area (Å²) in [5, 5.41) is 11.2. The summed E-state index contributed by atoms with van der Waals surface area (Å²) in [7, 11) is -6.37. The minimum Gasteiger partial charge on any atom is -0.311 e. The summed E-state index contributed by atoms with van der Waals surface area (Å²) in [6, 6.07) is 119. The first-order valence-electron chi connectivity index (χ1n) is 49.8. The van der Waals surface area contributed by atoms with Gasteiger partial charge in [-0.05, 0) is 296 Å². The molecule has 0 spiro atoms. The molecule has 4 aliphatic heterocycles. The molecule has 0 saturated heterocycles. The molecular weight excluding hydrogens is 1720 g/mol. The smallest absolute Gasteiger partial charge is 0.264 e. The van der Waals surface area contributed by atoms with E-state index in [4.69, 9.17) is 0 Å². The highest BCUT2D eigenvalue weighted by Gasteiger charge is 2.52. The molecule has 6 heterocycles. The highest BCUT2D eigenvalue weighted by Crippen LogP contribution is 2.58. The zero-order chi connectivity index (χ0) is 94.3. The highest BCUT2D eigenvalue weighted by molar-refractivity contribution is 7.34. The molecular formula is C124H130B2N4S2Si3. The van der Waals surface area contributed by atoms with Crippen molar-refractivity contribution in [2.24, 2.45) is 0 Å². The summed E-state index contributed by atoms with van der Waals surface area (Å²) >= 11 is 4.15. The van der Waals surface area contributed by atoms with Crippen molar-refractivity contribution in [3.05, 3.63) is 347 Å². The third-order valence-electron chi connectivity index (χ3n) is 32.4. The predicted molar refractivity (Wildman–Crippen MR) is 601 cm³/mol. The van der Waals surface area contributed by atoms with Crippen molar-refractivity contribution in [2.45, 2.75) is 233 Å². The second kappa shape index (κ2) is 31.5. The molecule has 22 rings (SSSR count). The van der Waals surface area contributed by atoms with E-state index in [9.17, 15) is 0 Å². The molecule has 0 saturated carbocycles. The number of benzene rings is 14. The first-order valence-corrected chi connectivity index (χ1v) is 60.4. The lowest BCUT2D eigenvalue weighted by atomic mass is 9.36. The molecule has 14 aromatic carbocycles. The maximum Gasteiger partial charge on any atom is 0.264 e. The number of aryl methyl sites for hydroxylation is 2. The van der Waals surface area contributed by atoms with Crippen molar-refractivity contribution in [3.8, 4) is 11.1 Å². The van der Waals surface area contributed by atoms with Gasteiger partial charge in [-0.3, -0.25) is 0 Å². The van der Waals surface area contributed by atoms with Crippen LogP contribution in [0.1, 0.15) is 193 Å². The van der Waals surface area contributed by atoms with E-state index in [0.29, 0.717) is 0 Å². The number of thiophene rings is 2. The minimum absolute atomic E-state index is 0.00340. The third kappa shape index (κ3) is 14.6. The molecule has 0 bridgehead atoms. The fourth-order valence-corrected chi connectivity index (χ4v) is 34.0. The third-order valence-corrected chi connectivity index (χ3v) is 43.7. The normalized spacial score (nSPS) is 16.9. The summed E-state index contributed by atoms with van der Waals surface area (Å²) in [5.41, 5.74) is 35.5. The molecule has 135 heavy (non-hydrogen) atoms. The number of fused-ring (bicyclic) bond motifs is 14. The van der Waals surface area contributed by atoms with Gasteiger partial charge in [-0.15, -0.1) is 22.7 Å². The van der Waals surface area contributed by atoms with Crippen LogP contribution in [0.2, 0.25) is 39.3 Å². The van der Waals surface area contributed by atoms with Gasteiger partial charge in [-0.1, -0.05) is 348 Å². The Balaban J connectivity index is 0.735. The van der Waals surface area contributed by atoms with Crippen molar-refractivity contribution < 1.29 is 0 Å². The standard InChI is InChI=1S/C124H130B2N4S2Si3/c1-79-68-106-112-107(69-79)129(88-49-42-81(43-50-88)82-34-33-41-95(72-82)135(91-35-27-24-28-36-91,92-37-29-25-30-38-92)93-39-31-26-32-40-93)114-97-76-99-101(78-111(97)132-116(114)125(112)102-73-85(120(8,9)10)48-60-104(102)127(106)86-51-44-83(45-52-86)118(2,3)4)124(17,67-66-123(99,15)16)63-62-80-70-108-113-109(71-80)130(89-53-46-84(47-54-89)119(5,6)7)115-96-75-98-100(122(13,14)65-64-121(98,11)12)77-110(96)131-117(115)126(113)103-74-94(134(21,22)23)59-61-105(103)128(108)87-55-57-90(58-56-87)133(18,19)20/h24-61,68-78H,62-67H2,1-23H3. The Kier molecular flexibility index (Phi) is 20.8. The van der Waals surface area contributed by atoms with Gasteiger partial charge in [0, 0.05) is 86.6 Å². The van der Waals surface area contributed by atoms with E-state index in [1.165, 1.54) is 213 Å². The molecule has 1 atom stereocenters. The van der Waals surface area contributed by atoms with Crippen LogP contribution in [0.5, 0.6) is 0 Å². The largest absolute Gasteiger partial charge is 0.311 e. The van der Waals surface area contributed by atoms with Crippen LogP contribution in [0.15, 0.2) is 297 Å². The molecule has 1 unspecified atom stereocenters. The Morgan fingerprint density at radius 2 is 0.696 bits per heavy atom. The number of nitrogens with zero attached hydrogens (tertiary/aromatic N) is 4. The quantitative estimate of drug-likeness (QED) is 0.0795. The van der Waals surface area contributed by atoms with Gasteiger partial charge >= 0.3 is 0 Å². The minimum atomic E-state index is -2.85. The Morgan fingerprint density at radius 1 is 0.319 bits per heavy atom. The SMILES string of the molecule is Cc1cc2c3c(c1)N(c1ccc(-c4cccc([Si](c5ccccc5)(c5ccccc5)c5ccccc5)c4)cc1)c1c(sc4cc5c(cc14)C(C)(C)CCC5(C)CCc1cc4c5c(c1)N(c1ccc(C(C)(C)C)cc1)c1c(sc6cc7c(cc16)C(C)(C)CCC7(C)C)B5c1cc([Si](C)(C)C)ccc1N4c1ccc([Si](C)(C)C)cc1)B3c1cc(C(C)(C)C)ccc1N2c1ccc(C(C)(C)C)cc1. The molecule has 0 N–H and O–H groups in total. The number of rotatable bonds is 14. The Bertz CT molecular complexity index is 7350. The molecule has 11 heteroatoms. The van der Waals surface area contributed by atoms with Gasteiger partial charge in [0.25, 0.3) is 13.4 Å². The summed E-state index contributed by atoms with van der Waals surface area (Å²) in [6.07, 6.45) is 6.39. The molecule has 676 valence electrons. The molecule has 2 aliphatic carbocycles. The number of hydrogen-bond acceptors (Lipinski definition) is 6. The van der Waals surface area contributed by atoms with Crippen LogP contribution in [-0.4, -0.2) is 37.6 Å². The van der Waals surface area contributed by atoms with E-state index in [0.717, 1.165) is 37.8 Å². The van der Waals surface area contributed by atoms with Crippen LogP contribution in [-0.2, 0) is 44.3 Å². The second-order valence-corrected chi connectivity index (χ2v) is 64.1. The van der Waals surface area contributed by atoms with Gasteiger partial charge in [-0.25, -0.2) is 0 Å². The van der Waals surface area contributed by atoms with Crippen molar-refractivity contribution >= 4 is 211 Å².